The van der Waals surface area contributed by atoms with E-state index in [1.807, 2.05) is 13.8 Å². The SMILES string of the molecule is Br.CCN=C1SCC(O)(c2cc(S(N)(=O)=O)c(Cl)cc2Cl)N1CC. The van der Waals surface area contributed by atoms with E-state index in [9.17, 15) is 13.5 Å². The Bertz CT molecular complexity index is 761. The first kappa shape index (κ1) is 22.0. The summed E-state index contributed by atoms with van der Waals surface area (Å²) in [7, 11) is -4.03. The van der Waals surface area contributed by atoms with Crippen LogP contribution in [0.15, 0.2) is 22.0 Å². The molecule has 0 aliphatic carbocycles. The largest absolute Gasteiger partial charge is 0.366 e. The minimum absolute atomic E-state index is 0. The molecule has 2 rings (SSSR count). The van der Waals surface area contributed by atoms with Crippen LogP contribution in [-0.2, 0) is 15.7 Å². The number of hydrogen-bond acceptors (Lipinski definition) is 5. The van der Waals surface area contributed by atoms with Crippen LogP contribution in [0.3, 0.4) is 0 Å². The predicted molar refractivity (Wildman–Crippen MR) is 105 cm³/mol. The Morgan fingerprint density at radius 2 is 2.00 bits per heavy atom. The summed E-state index contributed by atoms with van der Waals surface area (Å²) in [6.07, 6.45) is 0. The first-order chi connectivity index (χ1) is 10.6. The van der Waals surface area contributed by atoms with Gasteiger partial charge in [0.25, 0.3) is 0 Å². The highest BCUT2D eigenvalue weighted by atomic mass is 79.9. The molecule has 1 unspecified atom stereocenters. The van der Waals surface area contributed by atoms with E-state index in [-0.39, 0.29) is 43.2 Å². The van der Waals surface area contributed by atoms with Gasteiger partial charge in [-0.15, -0.1) is 17.0 Å². The molecule has 0 aromatic heterocycles. The van der Waals surface area contributed by atoms with Crippen molar-refractivity contribution >= 4 is 67.1 Å². The van der Waals surface area contributed by atoms with Crippen LogP contribution in [0.2, 0.25) is 10.0 Å². The van der Waals surface area contributed by atoms with Crippen molar-refractivity contribution in [1.29, 1.82) is 0 Å². The molecule has 6 nitrogen and oxygen atoms in total. The van der Waals surface area contributed by atoms with Gasteiger partial charge in [0.2, 0.25) is 10.0 Å². The number of rotatable bonds is 4. The maximum absolute atomic E-state index is 11.7. The molecule has 0 amide bonds. The lowest BCUT2D eigenvalue weighted by atomic mass is 10.0. The normalized spacial score (nSPS) is 22.8. The average molecular weight is 479 g/mol. The van der Waals surface area contributed by atoms with E-state index in [4.69, 9.17) is 28.3 Å². The Balaban J connectivity index is 0.00000288. The number of thioether (sulfide) groups is 1. The number of benzene rings is 1. The van der Waals surface area contributed by atoms with Gasteiger partial charge in [0, 0.05) is 18.7 Å². The Hall–Kier alpha value is -0.0300. The van der Waals surface area contributed by atoms with Gasteiger partial charge in [-0.2, -0.15) is 0 Å². The quantitative estimate of drug-likeness (QED) is 0.693. The molecule has 11 heteroatoms. The van der Waals surface area contributed by atoms with Crippen LogP contribution in [0.1, 0.15) is 19.4 Å². The fourth-order valence-corrected chi connectivity index (χ4v) is 5.19. The van der Waals surface area contributed by atoms with Crippen molar-refractivity contribution in [2.75, 3.05) is 18.8 Å². The lowest BCUT2D eigenvalue weighted by Crippen LogP contribution is -2.45. The van der Waals surface area contributed by atoms with Crippen LogP contribution in [-0.4, -0.2) is 42.4 Å². The van der Waals surface area contributed by atoms with Crippen molar-refractivity contribution in [1.82, 2.24) is 4.90 Å². The lowest BCUT2D eigenvalue weighted by molar-refractivity contribution is -0.0454. The van der Waals surface area contributed by atoms with E-state index < -0.39 is 15.7 Å². The average Bonchev–Trinajstić information content (AvgIpc) is 2.75. The third kappa shape index (κ3) is 4.03. The lowest BCUT2D eigenvalue weighted by Gasteiger charge is -2.34. The fourth-order valence-electron chi connectivity index (χ4n) is 2.42. The molecule has 1 aliphatic rings. The smallest absolute Gasteiger partial charge is 0.239 e. The Labute approximate surface area is 166 Å². The summed E-state index contributed by atoms with van der Waals surface area (Å²) in [5.41, 5.74) is -1.24. The van der Waals surface area contributed by atoms with Gasteiger partial charge in [0.15, 0.2) is 10.9 Å². The highest BCUT2D eigenvalue weighted by Gasteiger charge is 2.45. The van der Waals surface area contributed by atoms with Gasteiger partial charge in [-0.05, 0) is 26.0 Å². The molecular weight excluding hydrogens is 461 g/mol. The first-order valence-corrected chi connectivity index (χ1v) is 10.1. The van der Waals surface area contributed by atoms with Crippen molar-refractivity contribution in [3.8, 4) is 0 Å². The maximum Gasteiger partial charge on any atom is 0.239 e. The van der Waals surface area contributed by atoms with Crippen molar-refractivity contribution < 1.29 is 13.5 Å². The van der Waals surface area contributed by atoms with Crippen LogP contribution in [0.5, 0.6) is 0 Å². The summed E-state index contributed by atoms with van der Waals surface area (Å²) in [5, 5.41) is 17.1. The summed E-state index contributed by atoms with van der Waals surface area (Å²) >= 11 is 13.5. The van der Waals surface area contributed by atoms with Gasteiger partial charge >= 0.3 is 0 Å². The Kier molecular flexibility index (Phi) is 7.44. The third-order valence-electron chi connectivity index (χ3n) is 3.45. The Morgan fingerprint density at radius 3 is 2.50 bits per heavy atom. The minimum Gasteiger partial charge on any atom is -0.366 e. The van der Waals surface area contributed by atoms with Crippen LogP contribution >= 0.6 is 51.9 Å². The van der Waals surface area contributed by atoms with Crippen LogP contribution in [0.25, 0.3) is 0 Å². The molecule has 0 spiro atoms. The number of aliphatic imine (C=N–C) groups is 1. The number of nitrogens with zero attached hydrogens (tertiary/aromatic N) is 2. The van der Waals surface area contributed by atoms with Gasteiger partial charge in [-0.25, -0.2) is 13.6 Å². The molecule has 3 N–H and O–H groups in total. The monoisotopic (exact) mass is 477 g/mol. The van der Waals surface area contributed by atoms with Gasteiger partial charge in [-0.3, -0.25) is 4.99 Å². The summed E-state index contributed by atoms with van der Waals surface area (Å²) in [5.74, 6) is 0.269. The third-order valence-corrected chi connectivity index (χ3v) is 6.29. The first-order valence-electron chi connectivity index (χ1n) is 6.84. The zero-order chi connectivity index (χ0) is 17.4. The second kappa shape index (κ2) is 8.11. The zero-order valence-corrected chi connectivity index (χ0v) is 17.9. The van der Waals surface area contributed by atoms with Gasteiger partial charge in [0.05, 0.1) is 15.8 Å². The van der Waals surface area contributed by atoms with Crippen molar-refractivity contribution in [3.05, 3.63) is 27.7 Å². The molecule has 0 saturated carbocycles. The molecule has 1 fully saturated rings. The Morgan fingerprint density at radius 1 is 1.38 bits per heavy atom. The standard InChI is InChI=1S/C13H17Cl2N3O3S2.BrH/c1-3-17-12-18(4-2)13(19,7-22-12)8-5-11(23(16,20)21)10(15)6-9(8)14;/h5-6,19H,3-4,7H2,1-2H3,(H2,16,20,21);1H. The number of halogens is 3. The van der Waals surface area contributed by atoms with Gasteiger partial charge in [-0.1, -0.05) is 35.0 Å². The number of sulfonamides is 1. The van der Waals surface area contributed by atoms with E-state index in [0.29, 0.717) is 18.3 Å². The summed E-state index contributed by atoms with van der Waals surface area (Å²) < 4.78 is 23.4. The predicted octanol–water partition coefficient (Wildman–Crippen LogP) is 2.81. The zero-order valence-electron chi connectivity index (χ0n) is 13.0. The molecule has 1 aromatic rings. The highest BCUT2D eigenvalue weighted by molar-refractivity contribution is 8.93. The summed E-state index contributed by atoms with van der Waals surface area (Å²) in [6, 6.07) is 2.52. The summed E-state index contributed by atoms with van der Waals surface area (Å²) in [6.45, 7) is 4.82. The van der Waals surface area contributed by atoms with Crippen molar-refractivity contribution in [2.45, 2.75) is 24.5 Å². The van der Waals surface area contributed by atoms with Crippen LogP contribution in [0, 0.1) is 0 Å². The fraction of sp³-hybridized carbons (Fsp3) is 0.462. The van der Waals surface area contributed by atoms with E-state index in [1.54, 1.807) is 4.90 Å². The number of amidine groups is 1. The number of aliphatic hydroxyl groups is 1. The van der Waals surface area contributed by atoms with Crippen LogP contribution in [0.4, 0.5) is 0 Å². The molecule has 1 aliphatic heterocycles. The molecule has 1 aromatic carbocycles. The number of nitrogens with two attached hydrogens (primary N) is 1. The van der Waals surface area contributed by atoms with E-state index in [0.717, 1.165) is 0 Å². The minimum atomic E-state index is -4.03. The molecule has 136 valence electrons. The molecular formula is C13H18BrCl2N3O3S2. The van der Waals surface area contributed by atoms with Crippen LogP contribution < -0.4 is 5.14 Å². The summed E-state index contributed by atoms with van der Waals surface area (Å²) in [4.78, 5) is 5.76. The second-order valence-electron chi connectivity index (χ2n) is 4.91. The maximum atomic E-state index is 11.7. The molecule has 24 heavy (non-hydrogen) atoms. The van der Waals surface area contributed by atoms with Gasteiger partial charge < -0.3 is 10.0 Å². The van der Waals surface area contributed by atoms with Crippen molar-refractivity contribution in [2.24, 2.45) is 10.1 Å². The topological polar surface area (TPSA) is 96.0 Å². The number of primary sulfonamides is 1. The molecule has 0 bridgehead atoms. The van der Waals surface area contributed by atoms with E-state index in [2.05, 4.69) is 4.99 Å². The van der Waals surface area contributed by atoms with Gasteiger partial charge in [0.1, 0.15) is 4.90 Å². The molecule has 0 radical (unpaired) electrons. The molecule has 1 saturated heterocycles. The number of hydrogen-bond donors (Lipinski definition) is 2. The van der Waals surface area contributed by atoms with Crippen molar-refractivity contribution in [3.63, 3.8) is 0 Å². The van der Waals surface area contributed by atoms with E-state index >= 15 is 0 Å². The second-order valence-corrected chi connectivity index (χ2v) is 8.20. The van der Waals surface area contributed by atoms with E-state index in [1.165, 1.54) is 23.9 Å². The molecule has 1 heterocycles. The highest BCUT2D eigenvalue weighted by Crippen LogP contribution is 2.43. The molecule has 1 atom stereocenters.